The van der Waals surface area contributed by atoms with Gasteiger partial charge in [-0.1, -0.05) is 13.8 Å². The molecule has 0 aliphatic heterocycles. The highest BCUT2D eigenvalue weighted by molar-refractivity contribution is 7.11. The van der Waals surface area contributed by atoms with Crippen LogP contribution in [0.4, 0.5) is 0 Å². The van der Waals surface area contributed by atoms with E-state index >= 15 is 0 Å². The molecule has 0 saturated heterocycles. The van der Waals surface area contributed by atoms with Crippen LogP contribution in [0, 0.1) is 5.92 Å². The van der Waals surface area contributed by atoms with E-state index in [9.17, 15) is 0 Å². The molecule has 0 fully saturated rings. The maximum atomic E-state index is 4.35. The van der Waals surface area contributed by atoms with Gasteiger partial charge in [0.05, 0.1) is 5.01 Å². The van der Waals surface area contributed by atoms with E-state index in [2.05, 4.69) is 24.1 Å². The van der Waals surface area contributed by atoms with E-state index in [-0.39, 0.29) is 0 Å². The molecule has 1 heterocycles. The van der Waals surface area contributed by atoms with Crippen molar-refractivity contribution < 1.29 is 0 Å². The van der Waals surface area contributed by atoms with Crippen LogP contribution in [0.1, 0.15) is 23.7 Å². The van der Waals surface area contributed by atoms with Gasteiger partial charge in [-0.25, -0.2) is 4.98 Å². The average molecular weight is 184 g/mol. The lowest BCUT2D eigenvalue weighted by Gasteiger charge is -1.98. The van der Waals surface area contributed by atoms with Gasteiger partial charge in [0.1, 0.15) is 0 Å². The van der Waals surface area contributed by atoms with Gasteiger partial charge in [0.2, 0.25) is 0 Å². The maximum absolute atomic E-state index is 4.35. The highest BCUT2D eigenvalue weighted by atomic mass is 32.1. The van der Waals surface area contributed by atoms with Crippen molar-refractivity contribution in [1.82, 2.24) is 10.3 Å². The molecule has 68 valence electrons. The molecule has 0 saturated carbocycles. The molecule has 0 bridgehead atoms. The van der Waals surface area contributed by atoms with Crippen LogP contribution in [0.2, 0.25) is 0 Å². The van der Waals surface area contributed by atoms with Crippen molar-refractivity contribution in [3.05, 3.63) is 16.1 Å². The first-order valence-corrected chi connectivity index (χ1v) is 5.12. The van der Waals surface area contributed by atoms with Crippen molar-refractivity contribution in [2.24, 2.45) is 5.92 Å². The SMILES string of the molecule is CNCc1cnc(CC(C)C)s1. The van der Waals surface area contributed by atoms with E-state index in [1.807, 2.05) is 24.6 Å². The molecule has 0 aromatic carbocycles. The van der Waals surface area contributed by atoms with Crippen LogP contribution in [-0.2, 0) is 13.0 Å². The molecule has 1 N–H and O–H groups in total. The largest absolute Gasteiger partial charge is 0.315 e. The molecule has 0 aliphatic carbocycles. The third kappa shape index (κ3) is 2.91. The Labute approximate surface area is 78.0 Å². The second kappa shape index (κ2) is 4.58. The van der Waals surface area contributed by atoms with Crippen molar-refractivity contribution >= 4 is 11.3 Å². The summed E-state index contributed by atoms with van der Waals surface area (Å²) >= 11 is 1.81. The zero-order valence-corrected chi connectivity index (χ0v) is 8.74. The minimum absolute atomic E-state index is 0.707. The predicted octanol–water partition coefficient (Wildman–Crippen LogP) is 2.06. The topological polar surface area (TPSA) is 24.9 Å². The minimum Gasteiger partial charge on any atom is -0.315 e. The lowest BCUT2D eigenvalue weighted by atomic mass is 10.1. The summed E-state index contributed by atoms with van der Waals surface area (Å²) in [4.78, 5) is 5.68. The van der Waals surface area contributed by atoms with E-state index in [4.69, 9.17) is 0 Å². The molecule has 1 aromatic heterocycles. The van der Waals surface area contributed by atoms with Gasteiger partial charge >= 0.3 is 0 Å². The van der Waals surface area contributed by atoms with Crippen LogP contribution < -0.4 is 5.32 Å². The third-order valence-electron chi connectivity index (χ3n) is 1.54. The summed E-state index contributed by atoms with van der Waals surface area (Å²) in [5.74, 6) is 0.707. The molecular weight excluding hydrogens is 168 g/mol. The van der Waals surface area contributed by atoms with Gasteiger partial charge in [-0.2, -0.15) is 0 Å². The van der Waals surface area contributed by atoms with Gasteiger partial charge in [-0.3, -0.25) is 0 Å². The summed E-state index contributed by atoms with van der Waals surface area (Å²) in [7, 11) is 1.96. The molecular formula is C9H16N2S. The number of nitrogens with zero attached hydrogens (tertiary/aromatic N) is 1. The Hall–Kier alpha value is -0.410. The second-order valence-corrected chi connectivity index (χ2v) is 4.55. The van der Waals surface area contributed by atoms with Gasteiger partial charge in [0, 0.05) is 24.0 Å². The number of nitrogens with one attached hydrogen (secondary N) is 1. The van der Waals surface area contributed by atoms with Crippen molar-refractivity contribution in [2.75, 3.05) is 7.05 Å². The Bertz CT molecular complexity index is 230. The number of hydrogen-bond acceptors (Lipinski definition) is 3. The summed E-state index contributed by atoms with van der Waals surface area (Å²) in [6, 6.07) is 0. The Morgan fingerprint density at radius 1 is 1.58 bits per heavy atom. The molecule has 0 aliphatic rings. The van der Waals surface area contributed by atoms with Gasteiger partial charge in [0.25, 0.3) is 0 Å². The summed E-state index contributed by atoms with van der Waals surface area (Å²) in [5.41, 5.74) is 0. The van der Waals surface area contributed by atoms with Crippen LogP contribution >= 0.6 is 11.3 Å². The fraction of sp³-hybridized carbons (Fsp3) is 0.667. The van der Waals surface area contributed by atoms with Crippen LogP contribution in [0.3, 0.4) is 0 Å². The molecule has 1 rings (SSSR count). The van der Waals surface area contributed by atoms with Gasteiger partial charge in [-0.05, 0) is 13.0 Å². The zero-order valence-electron chi connectivity index (χ0n) is 7.92. The van der Waals surface area contributed by atoms with E-state index < -0.39 is 0 Å². The smallest absolute Gasteiger partial charge is 0.0930 e. The fourth-order valence-corrected chi connectivity index (χ4v) is 2.19. The first-order chi connectivity index (χ1) is 5.72. The van der Waals surface area contributed by atoms with Gasteiger partial charge < -0.3 is 5.32 Å². The first kappa shape index (κ1) is 9.68. The van der Waals surface area contributed by atoms with Crippen molar-refractivity contribution in [3.8, 4) is 0 Å². The Kier molecular flexibility index (Phi) is 3.69. The monoisotopic (exact) mass is 184 g/mol. The summed E-state index contributed by atoms with van der Waals surface area (Å²) in [5, 5.41) is 4.38. The normalized spacial score (nSPS) is 11.0. The molecule has 2 nitrogen and oxygen atoms in total. The second-order valence-electron chi connectivity index (χ2n) is 3.35. The summed E-state index contributed by atoms with van der Waals surface area (Å²) in [6.07, 6.45) is 3.08. The number of aromatic nitrogens is 1. The fourth-order valence-electron chi connectivity index (χ4n) is 1.05. The number of rotatable bonds is 4. The van der Waals surface area contributed by atoms with E-state index in [1.54, 1.807) is 0 Å². The molecule has 0 amide bonds. The highest BCUT2D eigenvalue weighted by Gasteiger charge is 2.02. The van der Waals surface area contributed by atoms with E-state index in [1.165, 1.54) is 9.88 Å². The molecule has 12 heavy (non-hydrogen) atoms. The predicted molar refractivity (Wildman–Crippen MR) is 53.4 cm³/mol. The lowest BCUT2D eigenvalue weighted by Crippen LogP contribution is -2.02. The Morgan fingerprint density at radius 2 is 2.33 bits per heavy atom. The molecule has 1 aromatic rings. The van der Waals surface area contributed by atoms with Crippen LogP contribution in [0.25, 0.3) is 0 Å². The molecule has 0 radical (unpaired) electrons. The highest BCUT2D eigenvalue weighted by Crippen LogP contribution is 2.15. The first-order valence-electron chi connectivity index (χ1n) is 4.30. The third-order valence-corrected chi connectivity index (χ3v) is 2.55. The molecule has 0 spiro atoms. The molecule has 0 atom stereocenters. The van der Waals surface area contributed by atoms with Crippen molar-refractivity contribution in [2.45, 2.75) is 26.8 Å². The standard InChI is InChI=1S/C9H16N2S/c1-7(2)4-9-11-6-8(12-9)5-10-3/h6-7,10H,4-5H2,1-3H3. The van der Waals surface area contributed by atoms with Gasteiger partial charge in [-0.15, -0.1) is 11.3 Å². The number of thiazole rings is 1. The Balaban J connectivity index is 2.52. The zero-order chi connectivity index (χ0) is 8.97. The lowest BCUT2D eigenvalue weighted by molar-refractivity contribution is 0.644. The minimum atomic E-state index is 0.707. The maximum Gasteiger partial charge on any atom is 0.0930 e. The van der Waals surface area contributed by atoms with Crippen LogP contribution in [0.15, 0.2) is 6.20 Å². The van der Waals surface area contributed by atoms with Crippen molar-refractivity contribution in [1.29, 1.82) is 0 Å². The van der Waals surface area contributed by atoms with Crippen molar-refractivity contribution in [3.63, 3.8) is 0 Å². The molecule has 3 heteroatoms. The quantitative estimate of drug-likeness (QED) is 0.774. The molecule has 0 unspecified atom stereocenters. The van der Waals surface area contributed by atoms with E-state index in [0.29, 0.717) is 5.92 Å². The number of hydrogen-bond donors (Lipinski definition) is 1. The van der Waals surface area contributed by atoms with Crippen LogP contribution in [-0.4, -0.2) is 12.0 Å². The summed E-state index contributed by atoms with van der Waals surface area (Å²) < 4.78 is 0. The average Bonchev–Trinajstić information content (AvgIpc) is 2.36. The van der Waals surface area contributed by atoms with Crippen LogP contribution in [0.5, 0.6) is 0 Å². The van der Waals surface area contributed by atoms with Gasteiger partial charge in [0.15, 0.2) is 0 Å². The van der Waals surface area contributed by atoms with E-state index in [0.717, 1.165) is 13.0 Å². The summed E-state index contributed by atoms with van der Waals surface area (Å²) in [6.45, 7) is 5.38. The Morgan fingerprint density at radius 3 is 2.92 bits per heavy atom.